The molecule has 0 bridgehead atoms. The Kier molecular flexibility index (Phi) is 10.3. The molecule has 0 saturated heterocycles. The van der Waals surface area contributed by atoms with E-state index in [0.29, 0.717) is 27.8 Å². The first kappa shape index (κ1) is 34.6. The Bertz CT molecular complexity index is 2070. The highest BCUT2D eigenvalue weighted by Crippen LogP contribution is 2.36. The van der Waals surface area contributed by atoms with E-state index in [2.05, 4.69) is 16.7 Å². The molecule has 13 nitrogen and oxygen atoms in total. The van der Waals surface area contributed by atoms with E-state index in [1.165, 1.54) is 23.1 Å². The standard InChI is InChI=1S/C32H30N8O5S.ClH/c1-20(35-2)31(42)36-25-18-38(30(41)19-46(3,44)45)28-13-12-21(15-33)14-29(28)39(32(25)43)17-24-23-9-5-7-11-27(23)40(37-24)26-10-6-4-8-22(26)16-34;/h4-14,20,25,35H,17-19H2,1-3H3,(H,36,42);1H/t20?,25-;/m0./s1. The lowest BCUT2D eigenvalue weighted by Gasteiger charge is -2.26. The van der Waals surface area contributed by atoms with Gasteiger partial charge in [0.25, 0.3) is 5.91 Å². The van der Waals surface area contributed by atoms with Gasteiger partial charge in [-0.2, -0.15) is 15.6 Å². The van der Waals surface area contributed by atoms with Gasteiger partial charge in [-0.15, -0.1) is 12.4 Å². The van der Waals surface area contributed by atoms with Crippen LogP contribution in [0.4, 0.5) is 11.4 Å². The van der Waals surface area contributed by atoms with Crippen molar-refractivity contribution in [1.82, 2.24) is 20.4 Å². The molecule has 0 saturated carbocycles. The minimum atomic E-state index is -3.76. The van der Waals surface area contributed by atoms with Gasteiger partial charge in [-0.25, -0.2) is 13.1 Å². The molecule has 3 amide bonds. The van der Waals surface area contributed by atoms with Gasteiger partial charge in [0.05, 0.1) is 64.6 Å². The van der Waals surface area contributed by atoms with Crippen molar-refractivity contribution >= 4 is 62.2 Å². The average Bonchev–Trinajstić information content (AvgIpc) is 3.36. The molecule has 0 aliphatic carbocycles. The van der Waals surface area contributed by atoms with Crippen molar-refractivity contribution in [2.45, 2.75) is 25.6 Å². The van der Waals surface area contributed by atoms with E-state index >= 15 is 0 Å². The number of carbonyl (C=O) groups excluding carboxylic acids is 3. The van der Waals surface area contributed by atoms with E-state index in [9.17, 15) is 33.3 Å². The molecule has 0 spiro atoms. The molecule has 47 heavy (non-hydrogen) atoms. The molecule has 0 radical (unpaired) electrons. The largest absolute Gasteiger partial charge is 0.341 e. The Labute approximate surface area is 277 Å². The molecule has 1 unspecified atom stereocenters. The van der Waals surface area contributed by atoms with E-state index in [1.807, 2.05) is 30.3 Å². The van der Waals surface area contributed by atoms with Crippen molar-refractivity contribution in [2.75, 3.05) is 35.4 Å². The van der Waals surface area contributed by atoms with Gasteiger partial charge in [-0.3, -0.25) is 14.4 Å². The summed E-state index contributed by atoms with van der Waals surface area (Å²) in [7, 11) is -2.18. The summed E-state index contributed by atoms with van der Waals surface area (Å²) in [6.07, 6.45) is 0.930. The first-order chi connectivity index (χ1) is 21.9. The maximum absolute atomic E-state index is 14.4. The highest BCUT2D eigenvalue weighted by Gasteiger charge is 2.38. The smallest absolute Gasteiger partial charge is 0.251 e. The van der Waals surface area contributed by atoms with Crippen LogP contribution in [-0.4, -0.2) is 73.6 Å². The third-order valence-corrected chi connectivity index (χ3v) is 8.44. The summed E-state index contributed by atoms with van der Waals surface area (Å²) in [6, 6.07) is 20.9. The fourth-order valence-corrected chi connectivity index (χ4v) is 5.88. The van der Waals surface area contributed by atoms with Crippen molar-refractivity contribution in [1.29, 1.82) is 10.5 Å². The zero-order chi connectivity index (χ0) is 33.2. The van der Waals surface area contributed by atoms with Crippen LogP contribution in [-0.2, 0) is 30.8 Å². The third kappa shape index (κ3) is 7.10. The highest BCUT2D eigenvalue weighted by atomic mass is 35.5. The molecule has 0 fully saturated rings. The number of fused-ring (bicyclic) bond motifs is 2. The van der Waals surface area contributed by atoms with E-state index in [-0.39, 0.29) is 42.4 Å². The number of halogens is 1. The molecule has 2 N–H and O–H groups in total. The number of likely N-dealkylation sites (N-methyl/N-ethyl adjacent to an activating group) is 1. The number of hydrogen-bond donors (Lipinski definition) is 2. The summed E-state index contributed by atoms with van der Waals surface area (Å²) >= 11 is 0. The predicted octanol–water partition coefficient (Wildman–Crippen LogP) is 2.21. The van der Waals surface area contributed by atoms with Crippen molar-refractivity contribution in [3.8, 4) is 17.8 Å². The number of sulfone groups is 1. The van der Waals surface area contributed by atoms with Crippen LogP contribution in [0.3, 0.4) is 0 Å². The summed E-state index contributed by atoms with van der Waals surface area (Å²) < 4.78 is 25.9. The van der Waals surface area contributed by atoms with Gasteiger partial charge in [0.2, 0.25) is 11.8 Å². The van der Waals surface area contributed by atoms with Crippen LogP contribution in [0.2, 0.25) is 0 Å². The topological polar surface area (TPSA) is 181 Å². The first-order valence-electron chi connectivity index (χ1n) is 14.2. The summed E-state index contributed by atoms with van der Waals surface area (Å²) in [6.45, 7) is 1.10. The van der Waals surface area contributed by atoms with Crippen LogP contribution < -0.4 is 20.4 Å². The van der Waals surface area contributed by atoms with E-state index in [4.69, 9.17) is 5.10 Å². The average molecular weight is 675 g/mol. The molecule has 1 aliphatic heterocycles. The zero-order valence-corrected chi connectivity index (χ0v) is 27.3. The van der Waals surface area contributed by atoms with Crippen LogP contribution in [0.5, 0.6) is 0 Å². The monoisotopic (exact) mass is 674 g/mol. The number of rotatable bonds is 8. The van der Waals surface area contributed by atoms with Crippen molar-refractivity contribution in [2.24, 2.45) is 0 Å². The molecule has 242 valence electrons. The SMILES string of the molecule is CNC(C)C(=O)N[C@H]1CN(C(=O)CS(C)(=O)=O)c2ccc(C#N)cc2N(Cc2nn(-c3ccccc3C#N)c3ccccc23)C1=O.Cl. The highest BCUT2D eigenvalue weighted by molar-refractivity contribution is 7.91. The number of para-hydroxylation sites is 2. The van der Waals surface area contributed by atoms with Gasteiger partial charge >= 0.3 is 0 Å². The van der Waals surface area contributed by atoms with E-state index < -0.39 is 45.4 Å². The Morgan fingerprint density at radius 2 is 1.72 bits per heavy atom. The van der Waals surface area contributed by atoms with Crippen molar-refractivity contribution in [3.05, 3.63) is 83.6 Å². The second-order valence-electron chi connectivity index (χ2n) is 10.9. The first-order valence-corrected chi connectivity index (χ1v) is 16.3. The third-order valence-electron chi connectivity index (χ3n) is 7.67. The number of nitrogens with one attached hydrogen (secondary N) is 2. The fourth-order valence-electron chi connectivity index (χ4n) is 5.27. The van der Waals surface area contributed by atoms with Gasteiger partial charge < -0.3 is 20.4 Å². The lowest BCUT2D eigenvalue weighted by molar-refractivity contribution is -0.128. The Balaban J connectivity index is 0.00000500. The Morgan fingerprint density at radius 3 is 2.40 bits per heavy atom. The Hall–Kier alpha value is -5.28. The Morgan fingerprint density at radius 1 is 1.02 bits per heavy atom. The molecule has 15 heteroatoms. The normalized spacial score (nSPS) is 15.1. The number of nitriles is 2. The predicted molar refractivity (Wildman–Crippen MR) is 178 cm³/mol. The zero-order valence-electron chi connectivity index (χ0n) is 25.7. The summed E-state index contributed by atoms with van der Waals surface area (Å²) in [5.41, 5.74) is 2.58. The summed E-state index contributed by atoms with van der Waals surface area (Å²) in [5, 5.41) is 30.5. The van der Waals surface area contributed by atoms with Crippen LogP contribution in [0.1, 0.15) is 23.7 Å². The second kappa shape index (κ2) is 14.0. The van der Waals surface area contributed by atoms with E-state index in [0.717, 1.165) is 11.2 Å². The molecular weight excluding hydrogens is 644 g/mol. The summed E-state index contributed by atoms with van der Waals surface area (Å²) in [5.74, 6) is -2.74. The van der Waals surface area contributed by atoms with Crippen molar-refractivity contribution in [3.63, 3.8) is 0 Å². The molecule has 1 aliphatic rings. The molecule has 4 aromatic rings. The maximum Gasteiger partial charge on any atom is 0.251 e. The molecule has 2 heterocycles. The van der Waals surface area contributed by atoms with Crippen molar-refractivity contribution < 1.29 is 22.8 Å². The van der Waals surface area contributed by atoms with Gasteiger partial charge in [0.1, 0.15) is 17.9 Å². The number of anilines is 2. The molecule has 3 aromatic carbocycles. The number of amides is 3. The molecule has 2 atom stereocenters. The van der Waals surface area contributed by atoms with Crippen LogP contribution in [0.25, 0.3) is 16.6 Å². The quantitative estimate of drug-likeness (QED) is 0.283. The van der Waals surface area contributed by atoms with Crippen LogP contribution >= 0.6 is 12.4 Å². The number of benzene rings is 3. The minimum Gasteiger partial charge on any atom is -0.341 e. The lowest BCUT2D eigenvalue weighted by Crippen LogP contribution is -2.56. The lowest BCUT2D eigenvalue weighted by atomic mass is 10.1. The van der Waals surface area contributed by atoms with Crippen LogP contribution in [0.15, 0.2) is 66.7 Å². The summed E-state index contributed by atoms with van der Waals surface area (Å²) in [4.78, 5) is 43.4. The van der Waals surface area contributed by atoms with E-state index in [1.54, 1.807) is 42.9 Å². The minimum absolute atomic E-state index is 0. The number of hydrogen-bond acceptors (Lipinski definition) is 9. The number of aromatic nitrogens is 2. The van der Waals surface area contributed by atoms with Gasteiger partial charge in [-0.05, 0) is 50.4 Å². The second-order valence-corrected chi connectivity index (χ2v) is 13.0. The van der Waals surface area contributed by atoms with Crippen LogP contribution in [0, 0.1) is 22.7 Å². The van der Waals surface area contributed by atoms with Gasteiger partial charge in [0.15, 0.2) is 9.84 Å². The molecule has 1 aromatic heterocycles. The number of nitrogens with zero attached hydrogens (tertiary/aromatic N) is 6. The fraction of sp³-hybridized carbons (Fsp3) is 0.250. The van der Waals surface area contributed by atoms with Gasteiger partial charge in [0, 0.05) is 11.6 Å². The molecular formula is C32H31ClN8O5S. The maximum atomic E-state index is 14.4. The molecule has 5 rings (SSSR count). The number of carbonyl (C=O) groups is 3. The van der Waals surface area contributed by atoms with Gasteiger partial charge in [-0.1, -0.05) is 30.3 Å².